The van der Waals surface area contributed by atoms with Crippen molar-refractivity contribution in [3.63, 3.8) is 0 Å². The molecule has 9 amide bonds. The number of cyclic esters (lactones) is 1. The third kappa shape index (κ3) is 14.0. The molecule has 0 bridgehead atoms. The summed E-state index contributed by atoms with van der Waals surface area (Å²) >= 11 is 0. The zero-order valence-electron chi connectivity index (χ0n) is 48.0. The summed E-state index contributed by atoms with van der Waals surface area (Å²) in [5.41, 5.74) is 0.457. The van der Waals surface area contributed by atoms with Crippen LogP contribution >= 0.6 is 0 Å². The molecule has 30 nitrogen and oxygen atoms in total. The summed E-state index contributed by atoms with van der Waals surface area (Å²) in [4.78, 5) is 148. The molecule has 31 heteroatoms. The van der Waals surface area contributed by atoms with Crippen molar-refractivity contribution in [2.24, 2.45) is 0 Å². The number of halogens is 1. The summed E-state index contributed by atoms with van der Waals surface area (Å²) in [7, 11) is 0. The maximum absolute atomic E-state index is 15.7. The molecule has 1 aliphatic carbocycles. The number of aromatic nitrogens is 2. The monoisotopic (exact) mass is 1240 g/mol. The van der Waals surface area contributed by atoms with Gasteiger partial charge in [0.25, 0.3) is 23.3 Å². The first-order chi connectivity index (χ1) is 42.5. The molecule has 2 aromatic carbocycles. The number of amides is 9. The van der Waals surface area contributed by atoms with Crippen molar-refractivity contribution >= 4 is 70.0 Å². The van der Waals surface area contributed by atoms with E-state index in [2.05, 4.69) is 37.2 Å². The number of rotatable bonds is 25. The van der Waals surface area contributed by atoms with Gasteiger partial charge in [0.05, 0.1) is 67.9 Å². The van der Waals surface area contributed by atoms with Gasteiger partial charge in [-0.25, -0.2) is 14.2 Å². The Hall–Kier alpha value is -8.95. The summed E-state index contributed by atoms with van der Waals surface area (Å²) in [6, 6.07) is 8.94. The molecule has 6 heterocycles. The van der Waals surface area contributed by atoms with E-state index < -0.39 is 178 Å². The van der Waals surface area contributed by atoms with Gasteiger partial charge in [0.15, 0.2) is 18.0 Å². The lowest BCUT2D eigenvalue weighted by Crippen LogP contribution is -2.59. The van der Waals surface area contributed by atoms with Crippen LogP contribution in [0.5, 0.6) is 0 Å². The smallest absolute Gasteiger partial charge is 0.343 e. The number of carbonyl (C=O) groups is 10. The highest BCUT2D eigenvalue weighted by Gasteiger charge is 2.47. The van der Waals surface area contributed by atoms with Gasteiger partial charge in [-0.1, -0.05) is 37.3 Å². The molecule has 1 fully saturated rings. The van der Waals surface area contributed by atoms with Crippen molar-refractivity contribution in [3.05, 3.63) is 110 Å². The van der Waals surface area contributed by atoms with E-state index in [1.165, 1.54) is 16.7 Å². The fraction of sp³-hybridized carbons (Fsp3) is 0.448. The average molecular weight is 1240 g/mol. The van der Waals surface area contributed by atoms with E-state index >= 15 is 4.39 Å². The Morgan fingerprint density at radius 3 is 2.25 bits per heavy atom. The van der Waals surface area contributed by atoms with E-state index in [-0.39, 0.29) is 73.2 Å². The van der Waals surface area contributed by atoms with Crippen molar-refractivity contribution in [2.75, 3.05) is 52.7 Å². The van der Waals surface area contributed by atoms with E-state index in [0.717, 1.165) is 12.2 Å². The second-order valence-electron chi connectivity index (χ2n) is 21.6. The molecule has 89 heavy (non-hydrogen) atoms. The zero-order chi connectivity index (χ0) is 64.0. The Labute approximate surface area is 504 Å². The van der Waals surface area contributed by atoms with Crippen LogP contribution in [-0.4, -0.2) is 195 Å². The van der Waals surface area contributed by atoms with E-state index in [4.69, 9.17) is 23.9 Å². The molecule has 0 spiro atoms. The predicted molar refractivity (Wildman–Crippen MR) is 301 cm³/mol. The van der Waals surface area contributed by atoms with Crippen LogP contribution in [0.4, 0.5) is 4.39 Å². The Morgan fingerprint density at radius 2 is 1.53 bits per heavy atom. The van der Waals surface area contributed by atoms with Gasteiger partial charge in [0.2, 0.25) is 35.4 Å². The van der Waals surface area contributed by atoms with Crippen molar-refractivity contribution < 1.29 is 96.8 Å². The van der Waals surface area contributed by atoms with Crippen LogP contribution in [0.25, 0.3) is 22.3 Å². The number of ether oxygens (including phenoxy) is 4. The normalized spacial score (nSPS) is 22.0. The molecule has 474 valence electrons. The zero-order valence-corrected chi connectivity index (χ0v) is 48.0. The van der Waals surface area contributed by atoms with Crippen molar-refractivity contribution in [3.8, 4) is 11.4 Å². The lowest BCUT2D eigenvalue weighted by atomic mass is 9.81. The quantitative estimate of drug-likeness (QED) is 0.0149. The number of carbonyl (C=O) groups excluding carboxylic acids is 10. The molecule has 9 rings (SSSR count). The highest BCUT2D eigenvalue weighted by Crippen LogP contribution is 2.46. The van der Waals surface area contributed by atoms with Crippen LogP contribution in [-0.2, 0) is 98.5 Å². The van der Waals surface area contributed by atoms with Gasteiger partial charge in [0.1, 0.15) is 56.2 Å². The Balaban J connectivity index is 0.842. The van der Waals surface area contributed by atoms with Crippen LogP contribution in [0, 0.1) is 12.7 Å². The molecule has 12 N–H and O–H groups in total. The molecular weight excluding hydrogens is 1180 g/mol. The number of aryl methyl sites for hydroxylation is 1. The third-order valence-corrected chi connectivity index (χ3v) is 15.9. The van der Waals surface area contributed by atoms with Gasteiger partial charge < -0.3 is 86.3 Å². The van der Waals surface area contributed by atoms with E-state index in [1.54, 1.807) is 44.2 Å². The number of imide groups is 1. The number of aliphatic hydroxyl groups is 5. The lowest BCUT2D eigenvalue weighted by molar-refractivity contribution is -0.304. The topological polar surface area (TPSA) is 431 Å². The minimum Gasteiger partial charge on any atom is -0.458 e. The first kappa shape index (κ1) is 64.5. The van der Waals surface area contributed by atoms with Gasteiger partial charge in [-0.15, -0.1) is 0 Å². The fourth-order valence-corrected chi connectivity index (χ4v) is 11.0. The second kappa shape index (κ2) is 27.6. The molecule has 9 atom stereocenters. The van der Waals surface area contributed by atoms with Crippen molar-refractivity contribution in [2.45, 2.75) is 114 Å². The Kier molecular flexibility index (Phi) is 20.0. The summed E-state index contributed by atoms with van der Waals surface area (Å²) in [6.45, 7) is -2.32. The first-order valence-electron chi connectivity index (χ1n) is 28.4. The molecule has 5 aliphatic rings. The summed E-state index contributed by atoms with van der Waals surface area (Å²) in [5.74, 6) is -8.39. The van der Waals surface area contributed by atoms with Gasteiger partial charge >= 0.3 is 5.97 Å². The number of esters is 1. The highest BCUT2D eigenvalue weighted by atomic mass is 19.1. The maximum Gasteiger partial charge on any atom is 0.343 e. The van der Waals surface area contributed by atoms with Crippen LogP contribution in [0.1, 0.15) is 71.2 Å². The summed E-state index contributed by atoms with van der Waals surface area (Å²) < 4.78 is 39.4. The number of pyridine rings is 2. The standard InChI is InChI=1S/C58H65FN10O20/c1-3-58(85)32-16-37-49-30(21-68(37)55(83)31(32)24-87-57(58)84)48-34(10-9-29-27(2)33(59)17-35(66-49)47(29)48)67-54(82)39(25-86-56-52(80)51(79)50(78)38(23-70)89-56)88-26-64-42(73)19-63-53(81)36(15-28-7-5-4-6-8-28)65-43(74)20-62-41(72)18-61-40(71)13-14-60-44(75)22-69-45(76)11-12-46(69)77/h4-8,11-12,16-17,34,36,38-39,50-52,56,70,78-80,85H,3,9-10,13-15,18-26H2,1-2H3,(H,60,75)(H,61,71)(H,62,72)(H,63,81)(H,64,73)(H,65,74)(H,67,82)/t34-,36-,38+,39+,50-,51-,52+,56+,58-/m0/s1. The van der Waals surface area contributed by atoms with Gasteiger partial charge in [-0.3, -0.25) is 52.8 Å². The van der Waals surface area contributed by atoms with Crippen molar-refractivity contribution in [1.29, 1.82) is 0 Å². The second-order valence-corrected chi connectivity index (χ2v) is 21.6. The molecule has 0 unspecified atom stereocenters. The van der Waals surface area contributed by atoms with Crippen LogP contribution in [0.15, 0.2) is 59.4 Å². The molecule has 4 aliphatic heterocycles. The minimum absolute atomic E-state index is 0.0422. The van der Waals surface area contributed by atoms with Crippen molar-refractivity contribution in [1.82, 2.24) is 51.7 Å². The largest absolute Gasteiger partial charge is 0.458 e. The number of benzene rings is 2. The van der Waals surface area contributed by atoms with Gasteiger partial charge in [0, 0.05) is 54.1 Å². The Morgan fingerprint density at radius 1 is 0.831 bits per heavy atom. The molecule has 0 radical (unpaired) electrons. The fourth-order valence-electron chi connectivity index (χ4n) is 11.0. The number of nitrogens with one attached hydrogen (secondary N) is 7. The van der Waals surface area contributed by atoms with Gasteiger partial charge in [-0.2, -0.15) is 0 Å². The maximum atomic E-state index is 15.7. The molecule has 0 saturated carbocycles. The van der Waals surface area contributed by atoms with E-state index in [0.29, 0.717) is 38.1 Å². The molecule has 2 aromatic heterocycles. The lowest BCUT2D eigenvalue weighted by Gasteiger charge is -2.40. The first-order valence-corrected chi connectivity index (χ1v) is 28.4. The van der Waals surface area contributed by atoms with Crippen LogP contribution in [0.3, 0.4) is 0 Å². The number of hydrogen-bond acceptors (Lipinski definition) is 21. The SMILES string of the molecule is CC[C@@]1(O)C(=O)OCc2c1cc1n(c2=O)Cc2c-1nc1cc(F)c(C)c3c1c2[C@@H](NC(=O)[C@@H](CO[C@@H]1O[C@H](CO)[C@H](O)[C@H](O)[C@H]1O)OCNC(=O)CNC(=O)[C@H](Cc1ccccc1)NC(=O)CNC(=O)CNC(=O)CCNC(=O)CN1C(=O)C=CC1=O)CC3. The number of hydrogen-bond donors (Lipinski definition) is 12. The van der Waals surface area contributed by atoms with Crippen LogP contribution in [0.2, 0.25) is 0 Å². The molecular formula is C58H65FN10O20. The Bertz CT molecular complexity index is 3580. The highest BCUT2D eigenvalue weighted by molar-refractivity contribution is 6.14. The summed E-state index contributed by atoms with van der Waals surface area (Å²) in [6.07, 6.45) is -8.42. The molecule has 4 aromatic rings. The van der Waals surface area contributed by atoms with Crippen LogP contribution < -0.4 is 42.8 Å². The number of aliphatic hydroxyl groups excluding tert-OH is 4. The number of nitrogens with zero attached hydrogens (tertiary/aromatic N) is 3. The summed E-state index contributed by atoms with van der Waals surface area (Å²) in [5, 5.41) is 70.8. The average Bonchev–Trinajstić information content (AvgIpc) is 1.64. The van der Waals surface area contributed by atoms with E-state index in [9.17, 15) is 78.3 Å². The number of fused-ring (bicyclic) bond motifs is 5. The predicted octanol–water partition coefficient (Wildman–Crippen LogP) is -4.59. The third-order valence-electron chi connectivity index (χ3n) is 15.9. The molecule has 1 saturated heterocycles. The van der Waals surface area contributed by atoms with Gasteiger partial charge in [-0.05, 0) is 54.5 Å². The minimum atomic E-state index is -2.15. The van der Waals surface area contributed by atoms with E-state index in [1.807, 2.05) is 0 Å².